The van der Waals surface area contributed by atoms with Crippen LogP contribution in [-0.2, 0) is 11.3 Å². The highest BCUT2D eigenvalue weighted by atomic mass is 19.1. The quantitative estimate of drug-likeness (QED) is 0.790. The minimum Gasteiger partial charge on any atom is -0.350 e. The zero-order chi connectivity index (χ0) is 19.3. The van der Waals surface area contributed by atoms with Crippen molar-refractivity contribution < 1.29 is 18.4 Å². The van der Waals surface area contributed by atoms with Crippen molar-refractivity contribution in [3.05, 3.63) is 54.1 Å². The van der Waals surface area contributed by atoms with Gasteiger partial charge in [0.25, 0.3) is 5.91 Å². The number of hydrogen-bond acceptors (Lipinski definition) is 3. The standard InChI is InChI=1S/C18H22F2N4O2/c1-11(2)16(18(26)22-12(3)9-24-8-7-21-10-24)23-17(25)15-13(19)5-4-6-14(15)20/h4-8,10-12,16H,9H2,1-3H3,(H,22,26)(H,23,25). The number of rotatable bonds is 7. The Morgan fingerprint density at radius 3 is 2.35 bits per heavy atom. The zero-order valence-electron chi connectivity index (χ0n) is 14.9. The fourth-order valence-electron chi connectivity index (χ4n) is 2.55. The van der Waals surface area contributed by atoms with Crippen molar-refractivity contribution in [3.8, 4) is 0 Å². The Morgan fingerprint density at radius 2 is 1.81 bits per heavy atom. The van der Waals surface area contributed by atoms with Gasteiger partial charge in [-0.1, -0.05) is 19.9 Å². The normalized spacial score (nSPS) is 13.3. The zero-order valence-corrected chi connectivity index (χ0v) is 14.9. The Balaban J connectivity index is 2.05. The molecule has 0 radical (unpaired) electrons. The van der Waals surface area contributed by atoms with Crippen LogP contribution in [0.2, 0.25) is 0 Å². The van der Waals surface area contributed by atoms with Crippen molar-refractivity contribution in [1.29, 1.82) is 0 Å². The molecule has 1 aromatic heterocycles. The molecule has 6 nitrogen and oxygen atoms in total. The van der Waals surface area contributed by atoms with Crippen molar-refractivity contribution in [2.24, 2.45) is 5.92 Å². The predicted octanol–water partition coefficient (Wildman–Crippen LogP) is 2.12. The third-order valence-electron chi connectivity index (χ3n) is 3.86. The molecule has 2 unspecified atom stereocenters. The molecule has 0 aliphatic heterocycles. The number of imidazole rings is 1. The van der Waals surface area contributed by atoms with Gasteiger partial charge in [0.2, 0.25) is 5.91 Å². The molecule has 1 aromatic carbocycles. The van der Waals surface area contributed by atoms with Crippen LogP contribution < -0.4 is 10.6 Å². The van der Waals surface area contributed by atoms with E-state index in [-0.39, 0.29) is 12.0 Å². The van der Waals surface area contributed by atoms with E-state index < -0.39 is 35.1 Å². The van der Waals surface area contributed by atoms with Crippen molar-refractivity contribution in [2.75, 3.05) is 0 Å². The molecule has 8 heteroatoms. The van der Waals surface area contributed by atoms with Gasteiger partial charge in [0, 0.05) is 25.0 Å². The number of carbonyl (C=O) groups is 2. The number of carbonyl (C=O) groups excluding carboxylic acids is 2. The van der Waals surface area contributed by atoms with E-state index in [4.69, 9.17) is 0 Å². The summed E-state index contributed by atoms with van der Waals surface area (Å²) in [5, 5.41) is 5.22. The van der Waals surface area contributed by atoms with Crippen LogP contribution in [-0.4, -0.2) is 33.4 Å². The number of nitrogens with one attached hydrogen (secondary N) is 2. The lowest BCUT2D eigenvalue weighted by molar-refractivity contribution is -0.124. The molecule has 0 saturated heterocycles. The number of hydrogen-bond donors (Lipinski definition) is 2. The highest BCUT2D eigenvalue weighted by Crippen LogP contribution is 2.13. The molecule has 0 fully saturated rings. The second-order valence-electron chi connectivity index (χ2n) is 6.46. The highest BCUT2D eigenvalue weighted by molar-refractivity contribution is 5.98. The van der Waals surface area contributed by atoms with Gasteiger partial charge in [0.05, 0.1) is 6.33 Å². The molecule has 2 aromatic rings. The van der Waals surface area contributed by atoms with Crippen LogP contribution in [0.3, 0.4) is 0 Å². The maximum absolute atomic E-state index is 13.8. The summed E-state index contributed by atoms with van der Waals surface area (Å²) in [4.78, 5) is 28.7. The Labute approximate surface area is 150 Å². The minimum absolute atomic E-state index is 0.222. The van der Waals surface area contributed by atoms with Gasteiger partial charge in [0.1, 0.15) is 23.2 Å². The SMILES string of the molecule is CC(Cn1ccnc1)NC(=O)C(NC(=O)c1c(F)cccc1F)C(C)C. The summed E-state index contributed by atoms with van der Waals surface area (Å²) in [5.41, 5.74) is -0.697. The molecule has 0 aliphatic carbocycles. The molecule has 0 saturated carbocycles. The predicted molar refractivity (Wildman–Crippen MR) is 92.3 cm³/mol. The van der Waals surface area contributed by atoms with Gasteiger partial charge >= 0.3 is 0 Å². The molecule has 2 rings (SSSR count). The van der Waals surface area contributed by atoms with Crippen molar-refractivity contribution in [3.63, 3.8) is 0 Å². The number of amides is 2. The van der Waals surface area contributed by atoms with Crippen LogP contribution in [0.15, 0.2) is 36.9 Å². The largest absolute Gasteiger partial charge is 0.350 e. The second-order valence-corrected chi connectivity index (χ2v) is 6.46. The number of aromatic nitrogens is 2. The molecule has 2 N–H and O–H groups in total. The molecule has 0 aliphatic rings. The number of nitrogens with zero attached hydrogens (tertiary/aromatic N) is 2. The maximum atomic E-state index is 13.8. The van der Waals surface area contributed by atoms with Crippen LogP contribution in [0, 0.1) is 17.6 Å². The van der Waals surface area contributed by atoms with Gasteiger partial charge in [-0.2, -0.15) is 0 Å². The van der Waals surface area contributed by atoms with E-state index in [9.17, 15) is 18.4 Å². The monoisotopic (exact) mass is 364 g/mol. The molecule has 0 spiro atoms. The van der Waals surface area contributed by atoms with Crippen molar-refractivity contribution in [1.82, 2.24) is 20.2 Å². The van der Waals surface area contributed by atoms with Gasteiger partial charge in [-0.3, -0.25) is 9.59 Å². The van der Waals surface area contributed by atoms with Gasteiger partial charge in [-0.15, -0.1) is 0 Å². The lowest BCUT2D eigenvalue weighted by atomic mass is 10.0. The van der Waals surface area contributed by atoms with Gasteiger partial charge < -0.3 is 15.2 Å². The number of halogens is 2. The lowest BCUT2D eigenvalue weighted by Gasteiger charge is -2.24. The molecular formula is C18H22F2N4O2. The van der Waals surface area contributed by atoms with Crippen LogP contribution in [0.1, 0.15) is 31.1 Å². The summed E-state index contributed by atoms with van der Waals surface area (Å²) in [6.07, 6.45) is 5.03. The smallest absolute Gasteiger partial charge is 0.257 e. The van der Waals surface area contributed by atoms with Crippen LogP contribution in [0.25, 0.3) is 0 Å². The Morgan fingerprint density at radius 1 is 1.15 bits per heavy atom. The van der Waals surface area contributed by atoms with Gasteiger partial charge in [0.15, 0.2) is 0 Å². The van der Waals surface area contributed by atoms with Crippen LogP contribution in [0.4, 0.5) is 8.78 Å². The molecule has 2 amide bonds. The molecule has 0 bridgehead atoms. The van der Waals surface area contributed by atoms with E-state index in [2.05, 4.69) is 15.6 Å². The van der Waals surface area contributed by atoms with Gasteiger partial charge in [-0.25, -0.2) is 13.8 Å². The van der Waals surface area contributed by atoms with E-state index in [0.29, 0.717) is 6.54 Å². The van der Waals surface area contributed by atoms with E-state index in [1.807, 2.05) is 11.5 Å². The molecule has 2 atom stereocenters. The number of benzene rings is 1. The van der Waals surface area contributed by atoms with E-state index in [1.165, 1.54) is 6.07 Å². The molecular weight excluding hydrogens is 342 g/mol. The van der Waals surface area contributed by atoms with E-state index in [0.717, 1.165) is 12.1 Å². The summed E-state index contributed by atoms with van der Waals surface area (Å²) in [6.45, 7) is 5.80. The van der Waals surface area contributed by atoms with Gasteiger partial charge in [-0.05, 0) is 25.0 Å². The lowest BCUT2D eigenvalue weighted by Crippen LogP contribution is -2.52. The third kappa shape index (κ3) is 4.87. The highest BCUT2D eigenvalue weighted by Gasteiger charge is 2.28. The molecule has 1 heterocycles. The van der Waals surface area contributed by atoms with E-state index >= 15 is 0 Å². The van der Waals surface area contributed by atoms with E-state index in [1.54, 1.807) is 32.6 Å². The first-order valence-electron chi connectivity index (χ1n) is 8.30. The topological polar surface area (TPSA) is 76.0 Å². The minimum atomic E-state index is -0.973. The fourth-order valence-corrected chi connectivity index (χ4v) is 2.55. The molecule has 26 heavy (non-hydrogen) atoms. The molecule has 140 valence electrons. The van der Waals surface area contributed by atoms with Crippen LogP contribution >= 0.6 is 0 Å². The summed E-state index contributed by atoms with van der Waals surface area (Å²) >= 11 is 0. The summed E-state index contributed by atoms with van der Waals surface area (Å²) in [7, 11) is 0. The average Bonchev–Trinajstić information content (AvgIpc) is 3.04. The third-order valence-corrected chi connectivity index (χ3v) is 3.86. The average molecular weight is 364 g/mol. The van der Waals surface area contributed by atoms with Crippen molar-refractivity contribution >= 4 is 11.8 Å². The van der Waals surface area contributed by atoms with Crippen molar-refractivity contribution in [2.45, 2.75) is 39.4 Å². The first-order chi connectivity index (χ1) is 12.3. The summed E-state index contributed by atoms with van der Waals surface area (Å²) < 4.78 is 29.3. The Bertz CT molecular complexity index is 742. The maximum Gasteiger partial charge on any atom is 0.257 e. The second kappa shape index (κ2) is 8.55. The summed E-state index contributed by atoms with van der Waals surface area (Å²) in [6, 6.07) is 2.02. The first-order valence-corrected chi connectivity index (χ1v) is 8.30. The fraction of sp³-hybridized carbons (Fsp3) is 0.389. The Hall–Kier alpha value is -2.77. The summed E-state index contributed by atoms with van der Waals surface area (Å²) in [5.74, 6) is -3.60. The first kappa shape index (κ1) is 19.6. The Kier molecular flexibility index (Phi) is 6.43. The van der Waals surface area contributed by atoms with Crippen LogP contribution in [0.5, 0.6) is 0 Å².